The molecule has 0 unspecified atom stereocenters. The number of aryl methyl sites for hydroxylation is 1. The minimum absolute atomic E-state index is 0.0237. The molecule has 0 fully saturated rings. The highest BCUT2D eigenvalue weighted by atomic mass is 79.9. The van der Waals surface area contributed by atoms with Crippen molar-refractivity contribution in [1.29, 1.82) is 0 Å². The van der Waals surface area contributed by atoms with Gasteiger partial charge in [0.1, 0.15) is 11.5 Å². The van der Waals surface area contributed by atoms with Crippen molar-refractivity contribution in [1.82, 2.24) is 5.16 Å². The van der Waals surface area contributed by atoms with E-state index in [4.69, 9.17) is 9.26 Å². The van der Waals surface area contributed by atoms with Crippen LogP contribution in [-0.2, 0) is 10.0 Å². The second kappa shape index (κ2) is 9.31. The van der Waals surface area contributed by atoms with Crippen molar-refractivity contribution in [3.8, 4) is 5.75 Å². The fraction of sp³-hybridized carbons (Fsp3) is 0.200. The second-order valence-corrected chi connectivity index (χ2v) is 8.99. The summed E-state index contributed by atoms with van der Waals surface area (Å²) in [7, 11) is -3.83. The Labute approximate surface area is 182 Å². The molecular weight excluding hydrogens is 474 g/mol. The van der Waals surface area contributed by atoms with Gasteiger partial charge in [-0.3, -0.25) is 9.52 Å². The molecule has 0 bridgehead atoms. The molecule has 10 heteroatoms. The molecule has 0 radical (unpaired) electrons. The molecule has 0 saturated heterocycles. The van der Waals surface area contributed by atoms with Gasteiger partial charge in [0.25, 0.3) is 15.9 Å². The van der Waals surface area contributed by atoms with Crippen molar-refractivity contribution in [3.05, 3.63) is 64.3 Å². The summed E-state index contributed by atoms with van der Waals surface area (Å²) < 4.78 is 38.5. The molecule has 30 heavy (non-hydrogen) atoms. The number of amides is 1. The summed E-state index contributed by atoms with van der Waals surface area (Å²) in [5, 5.41) is 6.37. The van der Waals surface area contributed by atoms with E-state index in [2.05, 4.69) is 31.1 Å². The van der Waals surface area contributed by atoms with Crippen molar-refractivity contribution >= 4 is 43.4 Å². The average molecular weight is 494 g/mol. The number of nitrogens with zero attached hydrogens (tertiary/aromatic N) is 1. The number of aromatic nitrogens is 1. The van der Waals surface area contributed by atoms with Crippen LogP contribution in [0.25, 0.3) is 0 Å². The number of carbonyl (C=O) groups excluding carboxylic acids is 1. The lowest BCUT2D eigenvalue weighted by atomic mass is 10.2. The fourth-order valence-corrected chi connectivity index (χ4v) is 3.89. The van der Waals surface area contributed by atoms with Crippen molar-refractivity contribution in [3.63, 3.8) is 0 Å². The van der Waals surface area contributed by atoms with Crippen LogP contribution < -0.4 is 14.8 Å². The van der Waals surface area contributed by atoms with Gasteiger partial charge >= 0.3 is 0 Å². The molecule has 1 aromatic heterocycles. The van der Waals surface area contributed by atoms with E-state index in [1.54, 1.807) is 25.1 Å². The Morgan fingerprint density at radius 1 is 1.17 bits per heavy atom. The van der Waals surface area contributed by atoms with Gasteiger partial charge in [-0.15, -0.1) is 0 Å². The van der Waals surface area contributed by atoms with Crippen LogP contribution in [0, 0.1) is 6.92 Å². The molecule has 0 aliphatic rings. The average Bonchev–Trinajstić information content (AvgIpc) is 3.11. The first-order chi connectivity index (χ1) is 14.3. The van der Waals surface area contributed by atoms with Crippen LogP contribution in [-0.4, -0.2) is 26.1 Å². The summed E-state index contributed by atoms with van der Waals surface area (Å²) in [5.74, 6) is 0.692. The van der Waals surface area contributed by atoms with Gasteiger partial charge in [-0.05, 0) is 55.8 Å². The molecule has 0 aliphatic heterocycles. The van der Waals surface area contributed by atoms with Gasteiger partial charge in [-0.1, -0.05) is 28.0 Å². The van der Waals surface area contributed by atoms with Gasteiger partial charge in [0, 0.05) is 16.2 Å². The van der Waals surface area contributed by atoms with Gasteiger partial charge in [-0.2, -0.15) is 0 Å². The van der Waals surface area contributed by atoms with Gasteiger partial charge in [0.2, 0.25) is 0 Å². The summed E-state index contributed by atoms with van der Waals surface area (Å²) in [4.78, 5) is 12.7. The Morgan fingerprint density at radius 3 is 2.53 bits per heavy atom. The third-order valence-corrected chi connectivity index (χ3v) is 5.80. The molecule has 2 aromatic carbocycles. The molecule has 3 rings (SSSR count). The summed E-state index contributed by atoms with van der Waals surface area (Å²) in [6, 6.07) is 12.5. The first-order valence-corrected chi connectivity index (χ1v) is 11.4. The molecule has 0 spiro atoms. The highest BCUT2D eigenvalue weighted by Gasteiger charge is 2.17. The predicted molar refractivity (Wildman–Crippen MR) is 116 cm³/mol. The molecule has 3 aromatic rings. The zero-order valence-electron chi connectivity index (χ0n) is 16.3. The predicted octanol–water partition coefficient (Wildman–Crippen LogP) is 4.59. The Kier molecular flexibility index (Phi) is 6.78. The number of nitrogens with one attached hydrogen (secondary N) is 2. The minimum Gasteiger partial charge on any atom is -0.493 e. The number of anilines is 2. The summed E-state index contributed by atoms with van der Waals surface area (Å²) in [6.07, 6.45) is 0.814. The number of benzene rings is 2. The van der Waals surface area contributed by atoms with E-state index in [1.807, 2.05) is 6.92 Å². The fourth-order valence-electron chi connectivity index (χ4n) is 2.54. The van der Waals surface area contributed by atoms with Crippen LogP contribution in [0.1, 0.15) is 29.5 Å². The smallest absolute Gasteiger partial charge is 0.263 e. The Morgan fingerprint density at radius 2 is 1.90 bits per heavy atom. The molecule has 0 saturated carbocycles. The topological polar surface area (TPSA) is 111 Å². The molecule has 2 N–H and O–H groups in total. The molecule has 1 amide bonds. The first-order valence-electron chi connectivity index (χ1n) is 9.08. The van der Waals surface area contributed by atoms with Gasteiger partial charge < -0.3 is 14.6 Å². The quantitative estimate of drug-likeness (QED) is 0.474. The standard InChI is InChI=1S/C20H20BrN3O5S/c1-3-10-28-18-9-4-14(21)12-17(18)20(25)22-15-5-7-16(8-6-15)30(26,27)24-19-11-13(2)29-23-19/h4-9,11-12H,3,10H2,1-2H3,(H,22,25)(H,23,24). The van der Waals surface area contributed by atoms with E-state index in [1.165, 1.54) is 30.3 Å². The lowest BCUT2D eigenvalue weighted by molar-refractivity contribution is 0.102. The Bertz CT molecular complexity index is 1140. The maximum Gasteiger partial charge on any atom is 0.263 e. The van der Waals surface area contributed by atoms with Crippen molar-refractivity contribution in [2.75, 3.05) is 16.6 Å². The van der Waals surface area contributed by atoms with Gasteiger partial charge in [0.15, 0.2) is 5.82 Å². The SMILES string of the molecule is CCCOc1ccc(Br)cc1C(=O)Nc1ccc(S(=O)(=O)Nc2cc(C)on2)cc1. The zero-order chi connectivity index (χ0) is 21.7. The number of sulfonamides is 1. The van der Waals surface area contributed by atoms with Crippen LogP contribution in [0.4, 0.5) is 11.5 Å². The van der Waals surface area contributed by atoms with Gasteiger partial charge in [-0.25, -0.2) is 8.42 Å². The maximum absolute atomic E-state index is 12.7. The van der Waals surface area contributed by atoms with Crippen LogP contribution in [0.3, 0.4) is 0 Å². The number of ether oxygens (including phenoxy) is 1. The van der Waals surface area contributed by atoms with Crippen molar-refractivity contribution in [2.45, 2.75) is 25.2 Å². The molecule has 1 heterocycles. The highest BCUT2D eigenvalue weighted by molar-refractivity contribution is 9.10. The van der Waals surface area contributed by atoms with Crippen LogP contribution in [0.2, 0.25) is 0 Å². The number of rotatable bonds is 8. The Balaban J connectivity index is 1.74. The lowest BCUT2D eigenvalue weighted by Gasteiger charge is -2.12. The number of hydrogen-bond donors (Lipinski definition) is 2. The maximum atomic E-state index is 12.7. The normalized spacial score (nSPS) is 11.2. The van der Waals surface area contributed by atoms with Crippen LogP contribution in [0.15, 0.2) is 62.4 Å². The minimum atomic E-state index is -3.83. The lowest BCUT2D eigenvalue weighted by Crippen LogP contribution is -2.15. The third kappa shape index (κ3) is 5.39. The summed E-state index contributed by atoms with van der Waals surface area (Å²) >= 11 is 3.36. The second-order valence-electron chi connectivity index (χ2n) is 6.40. The number of halogens is 1. The van der Waals surface area contributed by atoms with E-state index in [0.717, 1.165) is 10.9 Å². The molecule has 8 nitrogen and oxygen atoms in total. The highest BCUT2D eigenvalue weighted by Crippen LogP contribution is 2.25. The van der Waals surface area contributed by atoms with Crippen LogP contribution in [0.5, 0.6) is 5.75 Å². The largest absolute Gasteiger partial charge is 0.493 e. The van der Waals surface area contributed by atoms with Gasteiger partial charge in [0.05, 0.1) is 17.1 Å². The van der Waals surface area contributed by atoms with Crippen LogP contribution >= 0.6 is 15.9 Å². The van der Waals surface area contributed by atoms with Crippen molar-refractivity contribution < 1.29 is 22.5 Å². The molecular formula is C20H20BrN3O5S. The number of hydrogen-bond acceptors (Lipinski definition) is 6. The molecule has 158 valence electrons. The molecule has 0 aliphatic carbocycles. The monoisotopic (exact) mass is 493 g/mol. The summed E-state index contributed by atoms with van der Waals surface area (Å²) in [5.41, 5.74) is 0.815. The van der Waals surface area contributed by atoms with E-state index >= 15 is 0 Å². The Hall–Kier alpha value is -2.85. The number of carbonyl (C=O) groups is 1. The summed E-state index contributed by atoms with van der Waals surface area (Å²) in [6.45, 7) is 4.13. The van der Waals surface area contributed by atoms with E-state index in [9.17, 15) is 13.2 Å². The van der Waals surface area contributed by atoms with Crippen molar-refractivity contribution in [2.24, 2.45) is 0 Å². The zero-order valence-corrected chi connectivity index (χ0v) is 18.7. The molecule has 0 atom stereocenters. The van der Waals surface area contributed by atoms with E-state index in [-0.39, 0.29) is 16.6 Å². The van der Waals surface area contributed by atoms with E-state index < -0.39 is 10.0 Å². The third-order valence-electron chi connectivity index (χ3n) is 3.94. The van der Waals surface area contributed by atoms with E-state index in [0.29, 0.717) is 29.4 Å². The first kappa shape index (κ1) is 21.8.